The van der Waals surface area contributed by atoms with E-state index in [1.165, 1.54) is 7.11 Å². The van der Waals surface area contributed by atoms with Gasteiger partial charge in [0.15, 0.2) is 5.75 Å². The minimum Gasteiger partial charge on any atom is -0.494 e. The Morgan fingerprint density at radius 2 is 2.28 bits per heavy atom. The number of methoxy groups -OCH3 is 1. The number of hydrogen-bond acceptors (Lipinski definition) is 4. The maximum atomic E-state index is 12.0. The summed E-state index contributed by atoms with van der Waals surface area (Å²) in [6, 6.07) is 5.17. The SMILES string of the molecule is COc1c(N)cccc1C(=O)NCC(C)CSC. The summed E-state index contributed by atoms with van der Waals surface area (Å²) in [4.78, 5) is 12.0. The second-order valence-corrected chi connectivity index (χ2v) is 5.11. The first-order chi connectivity index (χ1) is 8.60. The van der Waals surface area contributed by atoms with Crippen molar-refractivity contribution in [1.29, 1.82) is 0 Å². The number of carbonyl (C=O) groups is 1. The number of para-hydroxylation sites is 1. The van der Waals surface area contributed by atoms with E-state index < -0.39 is 0 Å². The molecule has 1 rings (SSSR count). The Morgan fingerprint density at radius 3 is 2.89 bits per heavy atom. The molecule has 0 aliphatic rings. The fourth-order valence-electron chi connectivity index (χ4n) is 1.67. The molecule has 4 nitrogen and oxygen atoms in total. The fourth-order valence-corrected chi connectivity index (χ4v) is 2.35. The molecule has 0 radical (unpaired) electrons. The second kappa shape index (κ2) is 7.16. The first-order valence-corrected chi connectivity index (χ1v) is 7.19. The molecule has 1 unspecified atom stereocenters. The number of nitrogen functional groups attached to an aromatic ring is 1. The van der Waals surface area contributed by atoms with Gasteiger partial charge in [-0.2, -0.15) is 11.8 Å². The molecule has 0 bridgehead atoms. The van der Waals surface area contributed by atoms with Crippen molar-refractivity contribution in [2.24, 2.45) is 5.92 Å². The Hall–Kier alpha value is -1.36. The highest BCUT2D eigenvalue weighted by Crippen LogP contribution is 2.25. The molecule has 0 aliphatic carbocycles. The topological polar surface area (TPSA) is 64.3 Å². The Morgan fingerprint density at radius 1 is 1.56 bits per heavy atom. The molecule has 0 spiro atoms. The van der Waals surface area contributed by atoms with Crippen LogP contribution in [-0.2, 0) is 0 Å². The number of thioether (sulfide) groups is 1. The van der Waals surface area contributed by atoms with Crippen LogP contribution in [0.1, 0.15) is 17.3 Å². The molecule has 1 aromatic carbocycles. The van der Waals surface area contributed by atoms with Gasteiger partial charge in [0.1, 0.15) is 0 Å². The third-order valence-electron chi connectivity index (χ3n) is 2.56. The average Bonchev–Trinajstić information content (AvgIpc) is 2.36. The fraction of sp³-hybridized carbons (Fsp3) is 0.462. The van der Waals surface area contributed by atoms with Gasteiger partial charge in [0.05, 0.1) is 18.4 Å². The van der Waals surface area contributed by atoms with Gasteiger partial charge in [-0.1, -0.05) is 13.0 Å². The van der Waals surface area contributed by atoms with Crippen molar-refractivity contribution in [2.75, 3.05) is 31.4 Å². The van der Waals surface area contributed by atoms with Crippen molar-refractivity contribution >= 4 is 23.4 Å². The Balaban J connectivity index is 2.70. The van der Waals surface area contributed by atoms with Crippen molar-refractivity contribution in [3.05, 3.63) is 23.8 Å². The summed E-state index contributed by atoms with van der Waals surface area (Å²) in [5.74, 6) is 1.75. The Kier molecular flexibility index (Phi) is 5.85. The average molecular weight is 268 g/mol. The molecule has 0 fully saturated rings. The van der Waals surface area contributed by atoms with Gasteiger partial charge in [-0.05, 0) is 30.1 Å². The van der Waals surface area contributed by atoms with Gasteiger partial charge in [-0.3, -0.25) is 4.79 Å². The molecule has 1 aromatic rings. The lowest BCUT2D eigenvalue weighted by atomic mass is 10.1. The van der Waals surface area contributed by atoms with E-state index in [4.69, 9.17) is 10.5 Å². The van der Waals surface area contributed by atoms with Crippen molar-refractivity contribution in [2.45, 2.75) is 6.92 Å². The van der Waals surface area contributed by atoms with Crippen LogP contribution in [0, 0.1) is 5.92 Å². The van der Waals surface area contributed by atoms with Crippen LogP contribution in [0.15, 0.2) is 18.2 Å². The molecule has 0 aliphatic heterocycles. The summed E-state index contributed by atoms with van der Waals surface area (Å²) in [5, 5.41) is 2.90. The number of amides is 1. The molecule has 18 heavy (non-hydrogen) atoms. The quantitative estimate of drug-likeness (QED) is 0.775. The third-order valence-corrected chi connectivity index (χ3v) is 3.46. The zero-order valence-corrected chi connectivity index (χ0v) is 11.8. The Labute approximate surface area is 112 Å². The predicted molar refractivity (Wildman–Crippen MR) is 77.3 cm³/mol. The molecule has 1 amide bonds. The van der Waals surface area contributed by atoms with Crippen molar-refractivity contribution in [3.63, 3.8) is 0 Å². The van der Waals surface area contributed by atoms with E-state index >= 15 is 0 Å². The normalized spacial score (nSPS) is 11.9. The smallest absolute Gasteiger partial charge is 0.255 e. The highest BCUT2D eigenvalue weighted by molar-refractivity contribution is 7.98. The predicted octanol–water partition coefficient (Wildman–Crippen LogP) is 2.01. The lowest BCUT2D eigenvalue weighted by Crippen LogP contribution is -2.29. The van der Waals surface area contributed by atoms with E-state index in [0.717, 1.165) is 5.75 Å². The van der Waals surface area contributed by atoms with Gasteiger partial charge in [0.25, 0.3) is 5.91 Å². The summed E-state index contributed by atoms with van der Waals surface area (Å²) in [6.07, 6.45) is 2.05. The number of anilines is 1. The monoisotopic (exact) mass is 268 g/mol. The number of hydrogen-bond donors (Lipinski definition) is 2. The van der Waals surface area contributed by atoms with Crippen LogP contribution in [0.25, 0.3) is 0 Å². The standard InChI is InChI=1S/C13H20N2O2S/c1-9(8-18-3)7-15-13(16)10-5-4-6-11(14)12(10)17-2/h4-6,9H,7-8,14H2,1-3H3,(H,15,16). The molecule has 0 saturated heterocycles. The van der Waals surface area contributed by atoms with E-state index in [0.29, 0.717) is 29.5 Å². The zero-order chi connectivity index (χ0) is 13.5. The van der Waals surface area contributed by atoms with Gasteiger partial charge < -0.3 is 15.8 Å². The van der Waals surface area contributed by atoms with Gasteiger partial charge in [0, 0.05) is 6.54 Å². The molecule has 3 N–H and O–H groups in total. The van der Waals surface area contributed by atoms with Gasteiger partial charge in [-0.25, -0.2) is 0 Å². The largest absolute Gasteiger partial charge is 0.494 e. The first kappa shape index (κ1) is 14.7. The van der Waals surface area contributed by atoms with Crippen LogP contribution in [0.5, 0.6) is 5.75 Å². The van der Waals surface area contributed by atoms with Crippen LogP contribution in [0.2, 0.25) is 0 Å². The van der Waals surface area contributed by atoms with E-state index in [1.807, 2.05) is 0 Å². The molecular formula is C13H20N2O2S. The minimum atomic E-state index is -0.146. The van der Waals surface area contributed by atoms with Gasteiger partial charge in [-0.15, -0.1) is 0 Å². The van der Waals surface area contributed by atoms with E-state index in [2.05, 4.69) is 18.5 Å². The zero-order valence-electron chi connectivity index (χ0n) is 11.0. The van der Waals surface area contributed by atoms with E-state index in [9.17, 15) is 4.79 Å². The van der Waals surface area contributed by atoms with Gasteiger partial charge >= 0.3 is 0 Å². The number of benzene rings is 1. The number of carbonyl (C=O) groups excluding carboxylic acids is 1. The van der Waals surface area contributed by atoms with Gasteiger partial charge in [0.2, 0.25) is 0 Å². The first-order valence-electron chi connectivity index (χ1n) is 5.79. The third kappa shape index (κ3) is 3.84. The van der Waals surface area contributed by atoms with Crippen molar-refractivity contribution in [3.8, 4) is 5.75 Å². The molecular weight excluding hydrogens is 248 g/mol. The summed E-state index contributed by atoms with van der Waals surface area (Å²) in [6.45, 7) is 2.75. The van der Waals surface area contributed by atoms with Crippen LogP contribution < -0.4 is 15.8 Å². The molecule has 100 valence electrons. The minimum absolute atomic E-state index is 0.146. The Bertz CT molecular complexity index is 410. The van der Waals surface area contributed by atoms with Crippen molar-refractivity contribution in [1.82, 2.24) is 5.32 Å². The van der Waals surface area contributed by atoms with Crippen LogP contribution in [0.3, 0.4) is 0 Å². The van der Waals surface area contributed by atoms with Crippen molar-refractivity contribution < 1.29 is 9.53 Å². The molecule has 0 saturated carbocycles. The highest BCUT2D eigenvalue weighted by atomic mass is 32.2. The molecule has 5 heteroatoms. The number of rotatable bonds is 6. The van der Waals surface area contributed by atoms with Crippen LogP contribution in [0.4, 0.5) is 5.69 Å². The number of ether oxygens (including phenoxy) is 1. The van der Waals surface area contributed by atoms with E-state index in [-0.39, 0.29) is 5.91 Å². The summed E-state index contributed by atoms with van der Waals surface area (Å²) in [5.41, 5.74) is 6.72. The summed E-state index contributed by atoms with van der Waals surface area (Å²) >= 11 is 1.77. The lowest BCUT2D eigenvalue weighted by molar-refractivity contribution is 0.0946. The molecule has 0 heterocycles. The maximum Gasteiger partial charge on any atom is 0.255 e. The molecule has 0 aromatic heterocycles. The van der Waals surface area contributed by atoms with E-state index in [1.54, 1.807) is 30.0 Å². The summed E-state index contributed by atoms with van der Waals surface area (Å²) in [7, 11) is 1.51. The number of nitrogens with two attached hydrogens (primary N) is 1. The molecule has 1 atom stereocenters. The van der Waals surface area contributed by atoms with Crippen LogP contribution in [-0.4, -0.2) is 31.6 Å². The second-order valence-electron chi connectivity index (χ2n) is 4.20. The number of nitrogens with one attached hydrogen (secondary N) is 1. The highest BCUT2D eigenvalue weighted by Gasteiger charge is 2.14. The lowest BCUT2D eigenvalue weighted by Gasteiger charge is -2.13. The summed E-state index contributed by atoms with van der Waals surface area (Å²) < 4.78 is 5.16. The van der Waals surface area contributed by atoms with Crippen LogP contribution >= 0.6 is 11.8 Å². The maximum absolute atomic E-state index is 12.0.